The summed E-state index contributed by atoms with van der Waals surface area (Å²) in [5.41, 5.74) is -3.92. The van der Waals surface area contributed by atoms with Crippen LogP contribution in [0.5, 0.6) is 5.75 Å². The normalized spacial score (nSPS) is 25.7. The molecule has 0 bridgehead atoms. The Labute approximate surface area is 217 Å². The molecule has 37 heavy (non-hydrogen) atoms. The second-order valence-electron chi connectivity index (χ2n) is 8.49. The zero-order chi connectivity index (χ0) is 27.4. The van der Waals surface area contributed by atoms with Gasteiger partial charge in [0.15, 0.2) is 11.8 Å². The number of ether oxygens (including phenoxy) is 2. The van der Waals surface area contributed by atoms with Crippen LogP contribution in [0.4, 0.5) is 0 Å². The number of aliphatic hydroxyl groups is 2. The van der Waals surface area contributed by atoms with E-state index in [4.69, 9.17) is 36.8 Å². The molecule has 1 fully saturated rings. The highest BCUT2D eigenvalue weighted by atomic mass is 32.5. The fourth-order valence-corrected chi connectivity index (χ4v) is 5.87. The van der Waals surface area contributed by atoms with Crippen molar-refractivity contribution in [2.45, 2.75) is 57.0 Å². The molecule has 0 radical (unpaired) electrons. The van der Waals surface area contributed by atoms with Crippen LogP contribution in [0.1, 0.15) is 27.0 Å². The molecule has 12 nitrogen and oxygen atoms in total. The average Bonchev–Trinajstić information content (AvgIpc) is 3.08. The van der Waals surface area contributed by atoms with Crippen molar-refractivity contribution in [3.8, 4) is 18.1 Å². The Morgan fingerprint density at radius 2 is 2.00 bits per heavy atom. The van der Waals surface area contributed by atoms with Gasteiger partial charge >= 0.3 is 18.3 Å². The van der Waals surface area contributed by atoms with Crippen molar-refractivity contribution in [3.63, 3.8) is 0 Å². The molecule has 2 heterocycles. The summed E-state index contributed by atoms with van der Waals surface area (Å²) >= 11 is 5.62. The first-order valence-corrected chi connectivity index (χ1v) is 13.8. The van der Waals surface area contributed by atoms with Crippen molar-refractivity contribution in [1.82, 2.24) is 14.6 Å². The number of benzene rings is 1. The first-order chi connectivity index (χ1) is 17.4. The van der Waals surface area contributed by atoms with Crippen LogP contribution in [0, 0.1) is 12.3 Å². The van der Waals surface area contributed by atoms with E-state index < -0.39 is 60.5 Å². The van der Waals surface area contributed by atoms with Crippen molar-refractivity contribution >= 4 is 24.4 Å². The van der Waals surface area contributed by atoms with E-state index >= 15 is 0 Å². The zero-order valence-electron chi connectivity index (χ0n) is 20.3. The summed E-state index contributed by atoms with van der Waals surface area (Å²) in [5.74, 6) is 1.83. The minimum absolute atomic E-state index is 0.355. The predicted octanol–water partition coefficient (Wildman–Crippen LogP) is 0.409. The number of carbonyl (C=O) groups excluding carboxylic acids is 1. The van der Waals surface area contributed by atoms with E-state index in [-0.39, 0.29) is 6.10 Å². The standard InChI is InChI=1S/C23H28N3O9PS/c1-5-23(31)19(28)17(34-21(23)26-12-11-18(27)24-22(26)30)13-32-36(37,35-16-9-7-6-8-10-16)25-15(4)20(29)33-14(2)3/h1,6-12,14-15,17,19,21,28,31H,13H2,2-4H3,(H,25,37)(H,24,27,30)/t15-,17+,19+,21+,23+,36+/m0/s1. The minimum Gasteiger partial charge on any atom is -0.462 e. The molecular formula is C23H28N3O9PS. The Morgan fingerprint density at radius 3 is 2.59 bits per heavy atom. The highest BCUT2D eigenvalue weighted by Crippen LogP contribution is 2.47. The van der Waals surface area contributed by atoms with Crippen LogP contribution in [0.3, 0.4) is 0 Å². The summed E-state index contributed by atoms with van der Waals surface area (Å²) in [6, 6.07) is 8.60. The van der Waals surface area contributed by atoms with Crippen molar-refractivity contribution < 1.29 is 33.5 Å². The number of aliphatic hydroxyl groups excluding tert-OH is 1. The summed E-state index contributed by atoms with van der Waals surface area (Å²) in [5, 5.41) is 24.6. The molecule has 1 aromatic heterocycles. The van der Waals surface area contributed by atoms with E-state index in [1.807, 2.05) is 4.98 Å². The molecular weight excluding hydrogens is 525 g/mol. The van der Waals surface area contributed by atoms with Crippen molar-refractivity contribution in [2.24, 2.45) is 0 Å². The van der Waals surface area contributed by atoms with Crippen LogP contribution in [0.25, 0.3) is 0 Å². The lowest BCUT2D eigenvalue weighted by Crippen LogP contribution is -2.48. The molecule has 0 spiro atoms. The maximum absolute atomic E-state index is 12.4. The highest BCUT2D eigenvalue weighted by Gasteiger charge is 2.56. The van der Waals surface area contributed by atoms with Gasteiger partial charge in [-0.1, -0.05) is 24.1 Å². The molecule has 1 aliphatic rings. The Morgan fingerprint density at radius 1 is 1.32 bits per heavy atom. The van der Waals surface area contributed by atoms with Crippen LogP contribution in [0.2, 0.25) is 0 Å². The molecule has 0 aliphatic carbocycles. The van der Waals surface area contributed by atoms with Gasteiger partial charge in [-0.2, -0.15) is 0 Å². The molecule has 1 aromatic carbocycles. The topological polar surface area (TPSA) is 161 Å². The molecule has 1 saturated heterocycles. The summed E-state index contributed by atoms with van der Waals surface area (Å²) in [7, 11) is 0. The van der Waals surface area contributed by atoms with Gasteiger partial charge in [0.25, 0.3) is 5.56 Å². The fraction of sp³-hybridized carbons (Fsp3) is 0.435. The largest absolute Gasteiger partial charge is 0.462 e. The highest BCUT2D eigenvalue weighted by molar-refractivity contribution is 8.09. The number of nitrogens with one attached hydrogen (secondary N) is 2. The number of para-hydroxylation sites is 1. The van der Waals surface area contributed by atoms with Gasteiger partial charge in [0, 0.05) is 12.3 Å². The molecule has 2 aromatic rings. The number of aromatic nitrogens is 2. The average molecular weight is 554 g/mol. The maximum atomic E-state index is 12.4. The maximum Gasteiger partial charge on any atom is 0.330 e. The number of aromatic amines is 1. The van der Waals surface area contributed by atoms with Crippen LogP contribution in [0.15, 0.2) is 52.2 Å². The summed E-state index contributed by atoms with van der Waals surface area (Å²) < 4.78 is 23.5. The number of esters is 1. The molecule has 0 saturated carbocycles. The summed E-state index contributed by atoms with van der Waals surface area (Å²) in [6.45, 7) is 1.000. The van der Waals surface area contributed by atoms with Gasteiger partial charge in [-0.25, -0.2) is 9.88 Å². The van der Waals surface area contributed by atoms with Gasteiger partial charge in [0.2, 0.25) is 0 Å². The first kappa shape index (κ1) is 28.7. The minimum atomic E-state index is -3.49. The lowest BCUT2D eigenvalue weighted by atomic mass is 9.95. The molecule has 14 heteroatoms. The molecule has 6 atom stereocenters. The molecule has 1 aliphatic heterocycles. The van der Waals surface area contributed by atoms with Crippen LogP contribution in [-0.2, 0) is 30.6 Å². The third kappa shape index (κ3) is 6.74. The van der Waals surface area contributed by atoms with Gasteiger partial charge in [0.05, 0.1) is 12.7 Å². The van der Waals surface area contributed by atoms with E-state index in [0.29, 0.717) is 5.75 Å². The van der Waals surface area contributed by atoms with E-state index in [1.165, 1.54) is 6.92 Å². The van der Waals surface area contributed by atoms with E-state index in [9.17, 15) is 24.6 Å². The quantitative estimate of drug-likeness (QED) is 0.183. The summed E-state index contributed by atoms with van der Waals surface area (Å²) in [4.78, 5) is 38.1. The second kappa shape index (κ2) is 11.7. The number of carbonyl (C=O) groups is 1. The van der Waals surface area contributed by atoms with Gasteiger partial charge in [-0.15, -0.1) is 6.42 Å². The third-order valence-corrected chi connectivity index (χ3v) is 7.75. The van der Waals surface area contributed by atoms with E-state index in [1.54, 1.807) is 44.2 Å². The Balaban J connectivity index is 1.84. The molecule has 4 N–H and O–H groups in total. The third-order valence-electron chi connectivity index (χ3n) is 5.25. The van der Waals surface area contributed by atoms with Crippen LogP contribution < -0.4 is 20.9 Å². The van der Waals surface area contributed by atoms with Gasteiger partial charge < -0.3 is 28.7 Å². The molecule has 3 rings (SSSR count). The molecule has 200 valence electrons. The fourth-order valence-electron chi connectivity index (χ4n) is 3.46. The van der Waals surface area contributed by atoms with Crippen molar-refractivity contribution in [1.29, 1.82) is 0 Å². The lowest BCUT2D eigenvalue weighted by Gasteiger charge is -2.28. The number of hydrogen-bond acceptors (Lipinski definition) is 10. The van der Waals surface area contributed by atoms with Crippen molar-refractivity contribution in [3.05, 3.63) is 63.4 Å². The van der Waals surface area contributed by atoms with Crippen LogP contribution in [-0.4, -0.2) is 62.3 Å². The first-order valence-electron chi connectivity index (χ1n) is 11.2. The van der Waals surface area contributed by atoms with Crippen molar-refractivity contribution in [2.75, 3.05) is 6.61 Å². The number of H-pyrrole nitrogens is 1. The smallest absolute Gasteiger partial charge is 0.330 e. The monoisotopic (exact) mass is 553 g/mol. The molecule has 0 amide bonds. The Bertz CT molecular complexity index is 1310. The van der Waals surface area contributed by atoms with Gasteiger partial charge in [-0.05, 0) is 44.7 Å². The number of terminal acetylenes is 1. The van der Waals surface area contributed by atoms with Gasteiger partial charge in [-0.3, -0.25) is 19.1 Å². The number of rotatable bonds is 10. The Kier molecular flexibility index (Phi) is 9.09. The number of nitrogens with zero attached hydrogens (tertiary/aromatic N) is 1. The molecule has 0 unspecified atom stereocenters. The lowest BCUT2D eigenvalue weighted by molar-refractivity contribution is -0.149. The zero-order valence-corrected chi connectivity index (χ0v) is 22.0. The number of hydrogen-bond donors (Lipinski definition) is 4. The predicted molar refractivity (Wildman–Crippen MR) is 136 cm³/mol. The van der Waals surface area contributed by atoms with E-state index in [2.05, 4.69) is 11.0 Å². The van der Waals surface area contributed by atoms with Crippen LogP contribution >= 0.6 is 6.64 Å². The van der Waals surface area contributed by atoms with E-state index in [0.717, 1.165) is 16.8 Å². The summed E-state index contributed by atoms with van der Waals surface area (Å²) in [6.07, 6.45) is 1.66. The SMILES string of the molecule is C#C[C@@]1(O)[C@H](O)[C@@H](CO[P@](=S)(N[C@@H](C)C(=O)OC(C)C)Oc2ccccc2)O[C@H]1n1ccc(=O)[nH]c1=O. The van der Waals surface area contributed by atoms with Gasteiger partial charge in [0.1, 0.15) is 24.0 Å². The Hall–Kier alpha value is -2.82. The second-order valence-corrected chi connectivity index (χ2v) is 11.6.